The van der Waals surface area contributed by atoms with E-state index in [0.717, 1.165) is 6.42 Å². The number of nitriles is 1. The van der Waals surface area contributed by atoms with Gasteiger partial charge in [0.1, 0.15) is 18.2 Å². The molecule has 1 fully saturated rings. The first-order valence-electron chi connectivity index (χ1n) is 9.30. The SMILES string of the molecule is N#Cc1cn(CC(=O)Nc2ccccc2N2CCCC2=O)c2ccccc2c1=O. The summed E-state index contributed by atoms with van der Waals surface area (Å²) >= 11 is 0. The maximum atomic E-state index is 12.8. The van der Waals surface area contributed by atoms with Gasteiger partial charge < -0.3 is 14.8 Å². The first-order chi connectivity index (χ1) is 14.1. The molecule has 7 nitrogen and oxygen atoms in total. The quantitative estimate of drug-likeness (QED) is 0.746. The lowest BCUT2D eigenvalue weighted by atomic mass is 10.1. The van der Waals surface area contributed by atoms with Crippen molar-refractivity contribution in [2.24, 2.45) is 0 Å². The normalized spacial score (nSPS) is 13.5. The first-order valence-corrected chi connectivity index (χ1v) is 9.30. The molecule has 4 rings (SSSR count). The summed E-state index contributed by atoms with van der Waals surface area (Å²) in [5, 5.41) is 12.5. The van der Waals surface area contributed by atoms with Gasteiger partial charge in [-0.15, -0.1) is 0 Å². The molecule has 0 bridgehead atoms. The Labute approximate surface area is 166 Å². The lowest BCUT2D eigenvalue weighted by molar-refractivity contribution is -0.117. The van der Waals surface area contributed by atoms with Crippen molar-refractivity contribution in [3.8, 4) is 6.07 Å². The second-order valence-corrected chi connectivity index (χ2v) is 6.84. The highest BCUT2D eigenvalue weighted by atomic mass is 16.2. The van der Waals surface area contributed by atoms with Gasteiger partial charge in [0, 0.05) is 24.5 Å². The molecule has 2 heterocycles. The van der Waals surface area contributed by atoms with Crippen LogP contribution in [-0.4, -0.2) is 22.9 Å². The number of nitrogens with one attached hydrogen (secondary N) is 1. The van der Waals surface area contributed by atoms with E-state index in [1.54, 1.807) is 51.9 Å². The molecule has 144 valence electrons. The number of fused-ring (bicyclic) bond motifs is 1. The van der Waals surface area contributed by atoms with Crippen molar-refractivity contribution >= 4 is 34.1 Å². The van der Waals surface area contributed by atoms with Gasteiger partial charge in [0.25, 0.3) is 0 Å². The third kappa shape index (κ3) is 3.48. The van der Waals surface area contributed by atoms with Gasteiger partial charge in [-0.2, -0.15) is 5.26 Å². The molecule has 29 heavy (non-hydrogen) atoms. The van der Waals surface area contributed by atoms with Gasteiger partial charge in [-0.05, 0) is 30.7 Å². The molecule has 1 aliphatic heterocycles. The maximum absolute atomic E-state index is 12.8. The Morgan fingerprint density at radius 3 is 2.62 bits per heavy atom. The Hall–Kier alpha value is -3.92. The molecule has 0 radical (unpaired) electrons. The zero-order valence-corrected chi connectivity index (χ0v) is 15.6. The summed E-state index contributed by atoms with van der Waals surface area (Å²) in [6, 6.07) is 15.9. The third-order valence-corrected chi connectivity index (χ3v) is 4.96. The number of nitrogens with zero attached hydrogens (tertiary/aromatic N) is 3. The van der Waals surface area contributed by atoms with Gasteiger partial charge in [0.05, 0.1) is 16.9 Å². The minimum atomic E-state index is -0.349. The number of anilines is 2. The van der Waals surface area contributed by atoms with Gasteiger partial charge in [-0.3, -0.25) is 14.4 Å². The van der Waals surface area contributed by atoms with E-state index in [1.165, 1.54) is 6.20 Å². The number of hydrogen-bond donors (Lipinski definition) is 1. The highest BCUT2D eigenvalue weighted by molar-refractivity contribution is 6.02. The molecule has 3 aromatic rings. The number of hydrogen-bond acceptors (Lipinski definition) is 4. The number of pyridine rings is 1. The minimum absolute atomic E-state index is 0.0143. The smallest absolute Gasteiger partial charge is 0.244 e. The van der Waals surface area contributed by atoms with Gasteiger partial charge in [-0.25, -0.2) is 0 Å². The summed E-state index contributed by atoms with van der Waals surface area (Å²) in [6.45, 7) is 0.555. The largest absolute Gasteiger partial charge is 0.336 e. The summed E-state index contributed by atoms with van der Waals surface area (Å²) in [4.78, 5) is 38.9. The molecule has 0 atom stereocenters. The minimum Gasteiger partial charge on any atom is -0.336 e. The van der Waals surface area contributed by atoms with Crippen molar-refractivity contribution in [3.63, 3.8) is 0 Å². The molecule has 1 aliphatic rings. The van der Waals surface area contributed by atoms with E-state index in [9.17, 15) is 19.6 Å². The van der Waals surface area contributed by atoms with Crippen LogP contribution in [0, 0.1) is 11.3 Å². The molecule has 1 saturated heterocycles. The number of carbonyl (C=O) groups is 2. The summed E-state index contributed by atoms with van der Waals surface area (Å²) in [5.74, 6) is -0.279. The third-order valence-electron chi connectivity index (χ3n) is 4.96. The number of carbonyl (C=O) groups excluding carboxylic acids is 2. The fourth-order valence-electron chi connectivity index (χ4n) is 3.62. The fraction of sp³-hybridized carbons (Fsp3) is 0.182. The number of amides is 2. The lowest BCUT2D eigenvalue weighted by Gasteiger charge is -2.20. The van der Waals surface area contributed by atoms with Crippen LogP contribution in [0.5, 0.6) is 0 Å². The average Bonchev–Trinajstić information content (AvgIpc) is 3.16. The van der Waals surface area contributed by atoms with Crippen molar-refractivity contribution < 1.29 is 9.59 Å². The molecule has 0 saturated carbocycles. The van der Waals surface area contributed by atoms with Crippen molar-refractivity contribution in [3.05, 3.63) is 70.5 Å². The summed E-state index contributed by atoms with van der Waals surface area (Å²) in [7, 11) is 0. The monoisotopic (exact) mass is 386 g/mol. The zero-order chi connectivity index (χ0) is 20.4. The van der Waals surface area contributed by atoms with Crippen molar-refractivity contribution in [2.75, 3.05) is 16.8 Å². The van der Waals surface area contributed by atoms with E-state index >= 15 is 0 Å². The fourth-order valence-corrected chi connectivity index (χ4v) is 3.62. The molecule has 2 amide bonds. The van der Waals surface area contributed by atoms with Crippen LogP contribution in [0.15, 0.2) is 59.5 Å². The standard InChI is InChI=1S/C22H18N4O3/c23-12-15-13-25(18-8-3-1-6-16(18)22(15)29)14-20(27)24-17-7-2-4-9-19(17)26-11-5-10-21(26)28/h1-4,6-9,13H,5,10-11,14H2,(H,24,27). The Kier molecular flexibility index (Phi) is 4.83. The van der Waals surface area contributed by atoms with Crippen molar-refractivity contribution in [2.45, 2.75) is 19.4 Å². The summed E-state index contributed by atoms with van der Waals surface area (Å²) in [6.07, 6.45) is 2.70. The Bertz CT molecular complexity index is 1220. The molecular formula is C22H18N4O3. The number of rotatable bonds is 4. The van der Waals surface area contributed by atoms with Gasteiger partial charge in [0.2, 0.25) is 17.2 Å². The Balaban J connectivity index is 1.64. The topological polar surface area (TPSA) is 95.2 Å². The van der Waals surface area contributed by atoms with Crippen LogP contribution in [0.25, 0.3) is 10.9 Å². The first kappa shape index (κ1) is 18.4. The Morgan fingerprint density at radius 1 is 1.10 bits per heavy atom. The molecule has 1 N–H and O–H groups in total. The van der Waals surface area contributed by atoms with Crippen LogP contribution in [0.4, 0.5) is 11.4 Å². The van der Waals surface area contributed by atoms with Crippen LogP contribution in [0.2, 0.25) is 0 Å². The molecule has 7 heteroatoms. The van der Waals surface area contributed by atoms with Gasteiger partial charge in [0.15, 0.2) is 0 Å². The van der Waals surface area contributed by atoms with Crippen LogP contribution in [-0.2, 0) is 16.1 Å². The number of para-hydroxylation sites is 3. The van der Waals surface area contributed by atoms with E-state index in [2.05, 4.69) is 5.32 Å². The van der Waals surface area contributed by atoms with Crippen molar-refractivity contribution in [1.82, 2.24) is 4.57 Å². The highest BCUT2D eigenvalue weighted by Gasteiger charge is 2.24. The second kappa shape index (κ2) is 7.60. The molecule has 0 unspecified atom stereocenters. The number of aromatic nitrogens is 1. The summed E-state index contributed by atoms with van der Waals surface area (Å²) in [5.41, 5.74) is 1.44. The lowest BCUT2D eigenvalue weighted by Crippen LogP contribution is -2.26. The highest BCUT2D eigenvalue weighted by Crippen LogP contribution is 2.29. The van der Waals surface area contributed by atoms with Gasteiger partial charge >= 0.3 is 0 Å². The van der Waals surface area contributed by atoms with Crippen LogP contribution in [0.1, 0.15) is 18.4 Å². The molecule has 0 aliphatic carbocycles. The molecule has 2 aromatic carbocycles. The molecular weight excluding hydrogens is 368 g/mol. The van der Waals surface area contributed by atoms with E-state index in [0.29, 0.717) is 35.2 Å². The maximum Gasteiger partial charge on any atom is 0.244 e. The zero-order valence-electron chi connectivity index (χ0n) is 15.6. The van der Waals surface area contributed by atoms with Gasteiger partial charge in [-0.1, -0.05) is 24.3 Å². The predicted octanol–water partition coefficient (Wildman–Crippen LogP) is 2.64. The molecule has 1 aromatic heterocycles. The summed E-state index contributed by atoms with van der Waals surface area (Å²) < 4.78 is 1.59. The second-order valence-electron chi connectivity index (χ2n) is 6.84. The van der Waals surface area contributed by atoms with E-state index in [4.69, 9.17) is 0 Å². The molecule has 0 spiro atoms. The van der Waals surface area contributed by atoms with Crippen LogP contribution in [0.3, 0.4) is 0 Å². The average molecular weight is 386 g/mol. The predicted molar refractivity (Wildman–Crippen MR) is 110 cm³/mol. The Morgan fingerprint density at radius 2 is 1.86 bits per heavy atom. The van der Waals surface area contributed by atoms with E-state index in [1.807, 2.05) is 12.1 Å². The van der Waals surface area contributed by atoms with Crippen LogP contribution >= 0.6 is 0 Å². The van der Waals surface area contributed by atoms with Crippen LogP contribution < -0.4 is 15.6 Å². The van der Waals surface area contributed by atoms with E-state index in [-0.39, 0.29) is 29.4 Å². The van der Waals surface area contributed by atoms with E-state index < -0.39 is 0 Å². The number of benzene rings is 2. The van der Waals surface area contributed by atoms with Crippen molar-refractivity contribution in [1.29, 1.82) is 5.26 Å².